The molecule has 0 saturated heterocycles. The number of hydrogen-bond acceptors (Lipinski definition) is 4. The van der Waals surface area contributed by atoms with Gasteiger partial charge in [-0.05, 0) is 41.7 Å². The zero-order valence-electron chi connectivity index (χ0n) is 16.0. The van der Waals surface area contributed by atoms with E-state index in [0.717, 1.165) is 21.7 Å². The molecule has 0 heterocycles. The van der Waals surface area contributed by atoms with Crippen molar-refractivity contribution in [2.45, 2.75) is 26.7 Å². The summed E-state index contributed by atoms with van der Waals surface area (Å²) in [6.45, 7) is 5.75. The first-order valence-electron chi connectivity index (χ1n) is 8.63. The topological polar surface area (TPSA) is 78.8 Å². The Bertz CT molecular complexity index is 920. The van der Waals surface area contributed by atoms with Crippen LogP contribution >= 0.6 is 0 Å². The van der Waals surface area contributed by atoms with Gasteiger partial charge in [0.2, 0.25) is 10.0 Å². The first kappa shape index (κ1) is 20.6. The van der Waals surface area contributed by atoms with Gasteiger partial charge in [0.15, 0.2) is 0 Å². The number of carbonyl (C=O) groups excluding carboxylic acids is 1. The van der Waals surface area contributed by atoms with E-state index in [1.165, 1.54) is 11.8 Å². The Morgan fingerprint density at radius 3 is 2.41 bits per heavy atom. The van der Waals surface area contributed by atoms with Gasteiger partial charge in [-0.25, -0.2) is 13.8 Å². The number of anilines is 1. The first-order valence-corrected chi connectivity index (χ1v) is 10.5. The van der Waals surface area contributed by atoms with Crippen LogP contribution in [0.1, 0.15) is 36.5 Å². The quantitative estimate of drug-likeness (QED) is 0.586. The molecule has 2 rings (SSSR count). The van der Waals surface area contributed by atoms with Crippen LogP contribution < -0.4 is 9.73 Å². The standard InChI is InChI=1S/C20H25N3O3S/c1-15(2)18-10-8-17(9-11-18)13-21-22-20(24)14-23(27(4,25)26)19-7-5-6-16(3)12-19/h5-13,15H,14H2,1-4H3,(H,22,24)/b21-13+. The lowest BCUT2D eigenvalue weighted by Crippen LogP contribution is -2.39. The molecule has 2 aromatic carbocycles. The molecule has 0 radical (unpaired) electrons. The third-order valence-corrected chi connectivity index (χ3v) is 5.12. The highest BCUT2D eigenvalue weighted by Crippen LogP contribution is 2.18. The maximum absolute atomic E-state index is 12.2. The molecule has 0 aliphatic heterocycles. The molecule has 1 N–H and O–H groups in total. The largest absolute Gasteiger partial charge is 0.271 e. The van der Waals surface area contributed by atoms with E-state index in [1.807, 2.05) is 37.3 Å². The Balaban J connectivity index is 2.03. The summed E-state index contributed by atoms with van der Waals surface area (Å²) in [6, 6.07) is 14.8. The van der Waals surface area contributed by atoms with Crippen LogP contribution in [0.4, 0.5) is 5.69 Å². The highest BCUT2D eigenvalue weighted by molar-refractivity contribution is 7.92. The van der Waals surface area contributed by atoms with Crippen molar-refractivity contribution in [3.05, 3.63) is 65.2 Å². The Morgan fingerprint density at radius 1 is 1.19 bits per heavy atom. The Hall–Kier alpha value is -2.67. The van der Waals surface area contributed by atoms with Gasteiger partial charge >= 0.3 is 0 Å². The Morgan fingerprint density at radius 2 is 1.85 bits per heavy atom. The van der Waals surface area contributed by atoms with Crippen molar-refractivity contribution in [2.75, 3.05) is 17.1 Å². The SMILES string of the molecule is Cc1cccc(N(CC(=O)N/N=C/c2ccc(C(C)C)cc2)S(C)(=O)=O)c1. The molecular weight excluding hydrogens is 362 g/mol. The molecule has 0 aromatic heterocycles. The van der Waals surface area contributed by atoms with Gasteiger partial charge in [-0.1, -0.05) is 50.2 Å². The molecule has 0 saturated carbocycles. The number of amides is 1. The lowest BCUT2D eigenvalue weighted by atomic mass is 10.0. The van der Waals surface area contributed by atoms with Crippen molar-refractivity contribution in [3.63, 3.8) is 0 Å². The number of rotatable bonds is 7. The molecule has 0 spiro atoms. The van der Waals surface area contributed by atoms with Crippen LogP contribution in [0.15, 0.2) is 53.6 Å². The molecular formula is C20H25N3O3S. The number of hydrogen-bond donors (Lipinski definition) is 1. The number of aryl methyl sites for hydroxylation is 1. The summed E-state index contributed by atoms with van der Waals surface area (Å²) in [4.78, 5) is 12.2. The smallest absolute Gasteiger partial charge is 0.260 e. The van der Waals surface area contributed by atoms with Gasteiger partial charge in [-0.2, -0.15) is 5.10 Å². The highest BCUT2D eigenvalue weighted by Gasteiger charge is 2.20. The van der Waals surface area contributed by atoms with Crippen molar-refractivity contribution in [3.8, 4) is 0 Å². The predicted octanol–water partition coefficient (Wildman–Crippen LogP) is 3.03. The summed E-state index contributed by atoms with van der Waals surface area (Å²) >= 11 is 0. The molecule has 0 aliphatic rings. The Labute approximate surface area is 161 Å². The summed E-state index contributed by atoms with van der Waals surface area (Å²) in [7, 11) is -3.60. The molecule has 1 amide bonds. The molecule has 0 bridgehead atoms. The minimum Gasteiger partial charge on any atom is -0.271 e. The summed E-state index contributed by atoms with van der Waals surface area (Å²) in [5.41, 5.74) is 5.80. The van der Waals surface area contributed by atoms with Crippen LogP contribution in [-0.4, -0.2) is 33.3 Å². The normalized spacial score (nSPS) is 11.7. The molecule has 0 fully saturated rings. The first-order chi connectivity index (χ1) is 12.7. The van der Waals surface area contributed by atoms with Gasteiger partial charge in [0, 0.05) is 0 Å². The third-order valence-electron chi connectivity index (χ3n) is 3.98. The van der Waals surface area contributed by atoms with Crippen LogP contribution in [0.3, 0.4) is 0 Å². The molecule has 144 valence electrons. The highest BCUT2D eigenvalue weighted by atomic mass is 32.2. The molecule has 2 aromatic rings. The van der Waals surface area contributed by atoms with Crippen LogP contribution in [0.5, 0.6) is 0 Å². The van der Waals surface area contributed by atoms with E-state index in [4.69, 9.17) is 0 Å². The number of nitrogens with one attached hydrogen (secondary N) is 1. The van der Waals surface area contributed by atoms with Gasteiger partial charge in [-0.3, -0.25) is 9.10 Å². The van der Waals surface area contributed by atoms with Crippen LogP contribution in [-0.2, 0) is 14.8 Å². The fourth-order valence-electron chi connectivity index (χ4n) is 2.49. The second-order valence-electron chi connectivity index (χ2n) is 6.72. The van der Waals surface area contributed by atoms with Crippen LogP contribution in [0.25, 0.3) is 0 Å². The van der Waals surface area contributed by atoms with E-state index in [-0.39, 0.29) is 6.54 Å². The number of hydrazone groups is 1. The average Bonchev–Trinajstić information content (AvgIpc) is 2.59. The second kappa shape index (κ2) is 8.81. The number of nitrogens with zero attached hydrogens (tertiary/aromatic N) is 2. The molecule has 0 atom stereocenters. The number of sulfonamides is 1. The minimum atomic E-state index is -3.60. The maximum Gasteiger partial charge on any atom is 0.260 e. The zero-order valence-corrected chi connectivity index (χ0v) is 16.8. The monoisotopic (exact) mass is 387 g/mol. The summed E-state index contributed by atoms with van der Waals surface area (Å²) in [5, 5.41) is 3.92. The van der Waals surface area contributed by atoms with E-state index < -0.39 is 15.9 Å². The van der Waals surface area contributed by atoms with Gasteiger partial charge in [0.05, 0.1) is 18.2 Å². The fourth-order valence-corrected chi connectivity index (χ4v) is 3.34. The zero-order chi connectivity index (χ0) is 20.0. The predicted molar refractivity (Wildman–Crippen MR) is 110 cm³/mol. The van der Waals surface area contributed by atoms with E-state index in [9.17, 15) is 13.2 Å². The second-order valence-corrected chi connectivity index (χ2v) is 8.63. The summed E-state index contributed by atoms with van der Waals surface area (Å²) in [6.07, 6.45) is 2.60. The van der Waals surface area contributed by atoms with Crippen molar-refractivity contribution in [1.29, 1.82) is 0 Å². The van der Waals surface area contributed by atoms with E-state index >= 15 is 0 Å². The van der Waals surface area contributed by atoms with Gasteiger partial charge in [0.1, 0.15) is 6.54 Å². The van der Waals surface area contributed by atoms with E-state index in [2.05, 4.69) is 24.4 Å². The summed E-state index contributed by atoms with van der Waals surface area (Å²) < 4.78 is 25.2. The van der Waals surface area contributed by atoms with Gasteiger partial charge in [-0.15, -0.1) is 0 Å². The molecule has 0 unspecified atom stereocenters. The van der Waals surface area contributed by atoms with Crippen molar-refractivity contribution < 1.29 is 13.2 Å². The lowest BCUT2D eigenvalue weighted by Gasteiger charge is -2.21. The van der Waals surface area contributed by atoms with Crippen molar-refractivity contribution >= 4 is 27.8 Å². The summed E-state index contributed by atoms with van der Waals surface area (Å²) in [5.74, 6) is -0.0729. The van der Waals surface area contributed by atoms with Gasteiger partial charge < -0.3 is 0 Å². The van der Waals surface area contributed by atoms with Gasteiger partial charge in [0.25, 0.3) is 5.91 Å². The van der Waals surface area contributed by atoms with Crippen molar-refractivity contribution in [1.82, 2.24) is 5.43 Å². The van der Waals surface area contributed by atoms with Crippen LogP contribution in [0, 0.1) is 6.92 Å². The van der Waals surface area contributed by atoms with E-state index in [1.54, 1.807) is 18.2 Å². The molecule has 27 heavy (non-hydrogen) atoms. The Kier molecular flexibility index (Phi) is 6.74. The molecule has 6 nitrogen and oxygen atoms in total. The lowest BCUT2D eigenvalue weighted by molar-refractivity contribution is -0.119. The molecule has 0 aliphatic carbocycles. The third kappa shape index (κ3) is 6.21. The van der Waals surface area contributed by atoms with E-state index in [0.29, 0.717) is 11.6 Å². The van der Waals surface area contributed by atoms with Crippen LogP contribution in [0.2, 0.25) is 0 Å². The van der Waals surface area contributed by atoms with Crippen molar-refractivity contribution in [2.24, 2.45) is 5.10 Å². The maximum atomic E-state index is 12.2. The molecule has 7 heteroatoms. The number of benzene rings is 2. The average molecular weight is 388 g/mol. The number of carbonyl (C=O) groups is 1. The minimum absolute atomic E-state index is 0.341. The fraction of sp³-hybridized carbons (Fsp3) is 0.300.